The second-order valence-corrected chi connectivity index (χ2v) is 7.02. The van der Waals surface area contributed by atoms with Crippen LogP contribution in [0.2, 0.25) is 0 Å². The molecule has 2 saturated heterocycles. The van der Waals surface area contributed by atoms with Crippen LogP contribution in [0.4, 0.5) is 0 Å². The Morgan fingerprint density at radius 3 is 3.00 bits per heavy atom. The molecule has 0 aliphatic carbocycles. The topological polar surface area (TPSA) is 59.2 Å². The molecule has 3 heterocycles. The Morgan fingerprint density at radius 2 is 2.28 bits per heavy atom. The van der Waals surface area contributed by atoms with Crippen LogP contribution < -0.4 is 5.32 Å². The lowest BCUT2D eigenvalue weighted by molar-refractivity contribution is 0.0223. The van der Waals surface area contributed by atoms with Gasteiger partial charge in [-0.1, -0.05) is 0 Å². The summed E-state index contributed by atoms with van der Waals surface area (Å²) in [5.74, 6) is 2.54. The van der Waals surface area contributed by atoms with Crippen molar-refractivity contribution in [1.82, 2.24) is 10.2 Å². The third kappa shape index (κ3) is 6.04. The summed E-state index contributed by atoms with van der Waals surface area (Å²) in [6.07, 6.45) is 7.51. The van der Waals surface area contributed by atoms with Crippen LogP contribution in [0.15, 0.2) is 27.8 Å². The molecule has 0 spiro atoms. The predicted molar refractivity (Wildman–Crippen MR) is 97.9 cm³/mol. The maximum absolute atomic E-state index is 5.82. The summed E-state index contributed by atoms with van der Waals surface area (Å²) in [6, 6.07) is 3.94. The van der Waals surface area contributed by atoms with E-state index in [2.05, 4.69) is 17.3 Å². The first-order chi connectivity index (χ1) is 12.3. The molecule has 0 bridgehead atoms. The van der Waals surface area contributed by atoms with Crippen LogP contribution in [0.1, 0.15) is 31.4 Å². The van der Waals surface area contributed by atoms with Crippen LogP contribution in [0.25, 0.3) is 0 Å². The van der Waals surface area contributed by atoms with Gasteiger partial charge < -0.3 is 24.1 Å². The summed E-state index contributed by atoms with van der Waals surface area (Å²) in [7, 11) is 2.11. The Balaban J connectivity index is 1.52. The van der Waals surface area contributed by atoms with E-state index in [9.17, 15) is 0 Å². The fourth-order valence-corrected chi connectivity index (χ4v) is 3.40. The van der Waals surface area contributed by atoms with Gasteiger partial charge in [-0.3, -0.25) is 4.99 Å². The minimum Gasteiger partial charge on any atom is -0.469 e. The van der Waals surface area contributed by atoms with Gasteiger partial charge in [-0.2, -0.15) is 0 Å². The van der Waals surface area contributed by atoms with Gasteiger partial charge in [0.1, 0.15) is 5.76 Å². The molecule has 2 aliphatic rings. The van der Waals surface area contributed by atoms with Crippen molar-refractivity contribution in [2.45, 2.75) is 38.2 Å². The highest BCUT2D eigenvalue weighted by Gasteiger charge is 2.20. The second kappa shape index (κ2) is 9.82. The van der Waals surface area contributed by atoms with Crippen molar-refractivity contribution in [3.05, 3.63) is 24.2 Å². The molecule has 6 nitrogen and oxygen atoms in total. The largest absolute Gasteiger partial charge is 0.469 e. The normalized spacial score (nSPS) is 24.4. The molecule has 1 N–H and O–H groups in total. The van der Waals surface area contributed by atoms with Crippen molar-refractivity contribution in [2.75, 3.05) is 46.5 Å². The number of guanidine groups is 1. The quantitative estimate of drug-likeness (QED) is 0.605. The molecule has 0 saturated carbocycles. The van der Waals surface area contributed by atoms with Crippen LogP contribution in [0.3, 0.4) is 0 Å². The minimum absolute atomic E-state index is 0.263. The monoisotopic (exact) mass is 349 g/mol. The standard InChI is InChI=1S/C19H31N3O3/c1-22(14-16-8-12-23-15-16)19(20-9-7-17-6-4-11-24-17)21-13-18-5-2-3-10-25-18/h4,6,11,16,18H,2-3,5,7-10,12-15H2,1H3,(H,20,21). The molecular weight excluding hydrogens is 318 g/mol. The van der Waals surface area contributed by atoms with E-state index in [0.29, 0.717) is 5.92 Å². The average Bonchev–Trinajstić information content (AvgIpc) is 3.32. The van der Waals surface area contributed by atoms with Crippen molar-refractivity contribution in [2.24, 2.45) is 10.9 Å². The molecular formula is C19H31N3O3. The third-order valence-corrected chi connectivity index (χ3v) is 4.87. The first-order valence-electron chi connectivity index (χ1n) is 9.52. The van der Waals surface area contributed by atoms with Gasteiger partial charge in [0.05, 0.1) is 25.5 Å². The summed E-state index contributed by atoms with van der Waals surface area (Å²) in [6.45, 7) is 5.12. The van der Waals surface area contributed by atoms with E-state index in [4.69, 9.17) is 18.9 Å². The Kier molecular flexibility index (Phi) is 7.18. The van der Waals surface area contributed by atoms with E-state index < -0.39 is 0 Å². The molecule has 2 unspecified atom stereocenters. The lowest BCUT2D eigenvalue weighted by atomic mass is 10.1. The van der Waals surface area contributed by atoms with Crippen molar-refractivity contribution in [3.8, 4) is 0 Å². The van der Waals surface area contributed by atoms with Gasteiger partial charge in [-0.05, 0) is 37.8 Å². The highest BCUT2D eigenvalue weighted by molar-refractivity contribution is 5.79. The van der Waals surface area contributed by atoms with Crippen LogP contribution in [0, 0.1) is 5.92 Å². The van der Waals surface area contributed by atoms with Gasteiger partial charge in [0.25, 0.3) is 0 Å². The number of hydrogen-bond acceptors (Lipinski definition) is 4. The number of furan rings is 1. The van der Waals surface area contributed by atoms with Crippen molar-refractivity contribution < 1.29 is 13.9 Å². The Bertz CT molecular complexity index is 506. The van der Waals surface area contributed by atoms with Crippen molar-refractivity contribution in [3.63, 3.8) is 0 Å². The maximum Gasteiger partial charge on any atom is 0.193 e. The number of ether oxygens (including phenoxy) is 2. The third-order valence-electron chi connectivity index (χ3n) is 4.87. The Morgan fingerprint density at radius 1 is 1.32 bits per heavy atom. The van der Waals surface area contributed by atoms with Gasteiger partial charge in [0, 0.05) is 45.7 Å². The first-order valence-corrected chi connectivity index (χ1v) is 9.52. The summed E-state index contributed by atoms with van der Waals surface area (Å²) < 4.78 is 16.7. The first kappa shape index (κ1) is 18.3. The van der Waals surface area contributed by atoms with Crippen molar-refractivity contribution in [1.29, 1.82) is 0 Å². The predicted octanol–water partition coefficient (Wildman–Crippen LogP) is 2.31. The van der Waals surface area contributed by atoms with Gasteiger partial charge in [-0.15, -0.1) is 0 Å². The average molecular weight is 349 g/mol. The van der Waals surface area contributed by atoms with E-state index in [0.717, 1.165) is 70.4 Å². The van der Waals surface area contributed by atoms with Gasteiger partial charge in [0.2, 0.25) is 0 Å². The van der Waals surface area contributed by atoms with Crippen molar-refractivity contribution >= 4 is 5.96 Å². The highest BCUT2D eigenvalue weighted by atomic mass is 16.5. The molecule has 0 aromatic carbocycles. The molecule has 3 rings (SSSR count). The number of aliphatic imine (C=N–C) groups is 1. The molecule has 0 radical (unpaired) electrons. The molecule has 2 fully saturated rings. The minimum atomic E-state index is 0.263. The Labute approximate surface area is 150 Å². The molecule has 2 atom stereocenters. The van der Waals surface area contributed by atoms with Gasteiger partial charge in [0.15, 0.2) is 5.96 Å². The van der Waals surface area contributed by atoms with E-state index in [1.54, 1.807) is 6.26 Å². The van der Waals surface area contributed by atoms with E-state index in [1.165, 1.54) is 12.8 Å². The molecule has 1 aromatic rings. The molecule has 140 valence electrons. The zero-order chi connectivity index (χ0) is 17.3. The molecule has 25 heavy (non-hydrogen) atoms. The summed E-state index contributed by atoms with van der Waals surface area (Å²) >= 11 is 0. The molecule has 2 aliphatic heterocycles. The second-order valence-electron chi connectivity index (χ2n) is 7.02. The fraction of sp³-hybridized carbons (Fsp3) is 0.737. The zero-order valence-electron chi connectivity index (χ0n) is 15.3. The maximum atomic E-state index is 5.82. The van der Waals surface area contributed by atoms with Crippen LogP contribution in [0.5, 0.6) is 0 Å². The van der Waals surface area contributed by atoms with Crippen LogP contribution in [-0.4, -0.2) is 63.5 Å². The lowest BCUT2D eigenvalue weighted by Gasteiger charge is -2.26. The highest BCUT2D eigenvalue weighted by Crippen LogP contribution is 2.15. The van der Waals surface area contributed by atoms with E-state index in [1.807, 2.05) is 12.1 Å². The Hall–Kier alpha value is -1.53. The van der Waals surface area contributed by atoms with Gasteiger partial charge in [-0.25, -0.2) is 0 Å². The molecule has 6 heteroatoms. The molecule has 0 amide bonds. The SMILES string of the molecule is CN(CC1CCOC1)C(=NCC1CCCCO1)NCCc1ccco1. The smallest absolute Gasteiger partial charge is 0.193 e. The lowest BCUT2D eigenvalue weighted by Crippen LogP contribution is -2.43. The van der Waals surface area contributed by atoms with Crippen LogP contribution >= 0.6 is 0 Å². The summed E-state index contributed by atoms with van der Waals surface area (Å²) in [5, 5.41) is 3.49. The fourth-order valence-electron chi connectivity index (χ4n) is 3.40. The summed E-state index contributed by atoms with van der Waals surface area (Å²) in [5.41, 5.74) is 0. The van der Waals surface area contributed by atoms with Gasteiger partial charge >= 0.3 is 0 Å². The number of rotatable bonds is 7. The van der Waals surface area contributed by atoms with Crippen LogP contribution in [-0.2, 0) is 15.9 Å². The van der Waals surface area contributed by atoms with E-state index >= 15 is 0 Å². The number of hydrogen-bond donors (Lipinski definition) is 1. The number of nitrogens with zero attached hydrogens (tertiary/aromatic N) is 2. The number of nitrogens with one attached hydrogen (secondary N) is 1. The van der Waals surface area contributed by atoms with E-state index in [-0.39, 0.29) is 6.10 Å². The zero-order valence-corrected chi connectivity index (χ0v) is 15.3. The summed E-state index contributed by atoms with van der Waals surface area (Å²) in [4.78, 5) is 7.07. The molecule has 1 aromatic heterocycles.